The summed E-state index contributed by atoms with van der Waals surface area (Å²) in [5, 5.41) is 7.92. The Morgan fingerprint density at radius 1 is 1.09 bits per heavy atom. The monoisotopic (exact) mass is 468 g/mol. The number of anilines is 1. The number of benzene rings is 2. The Morgan fingerprint density at radius 2 is 1.81 bits per heavy atom. The van der Waals surface area contributed by atoms with Crippen LogP contribution in [0.1, 0.15) is 42.4 Å². The van der Waals surface area contributed by atoms with Crippen LogP contribution in [0.2, 0.25) is 0 Å². The molecule has 32 heavy (non-hydrogen) atoms. The zero-order chi connectivity index (χ0) is 23.3. The number of carbonyl (C=O) groups is 1. The van der Waals surface area contributed by atoms with Gasteiger partial charge in [0.2, 0.25) is 5.13 Å². The largest absolute Gasteiger partial charge is 0.306 e. The number of hydrogen-bond acceptors (Lipinski definition) is 6. The Balaban J connectivity index is 1.73. The number of fused-ring (bicyclic) bond motifs is 1. The van der Waals surface area contributed by atoms with Gasteiger partial charge in [0.15, 0.2) is 9.84 Å². The average molecular weight is 469 g/mol. The van der Waals surface area contributed by atoms with E-state index in [1.165, 1.54) is 29.0 Å². The number of hydrogen-bond donors (Lipinski definition) is 1. The van der Waals surface area contributed by atoms with Crippen molar-refractivity contribution in [2.45, 2.75) is 38.0 Å². The van der Waals surface area contributed by atoms with Crippen LogP contribution in [0.15, 0.2) is 53.4 Å². The van der Waals surface area contributed by atoms with Crippen LogP contribution in [0.4, 0.5) is 5.82 Å². The van der Waals surface area contributed by atoms with Crippen molar-refractivity contribution >= 4 is 43.1 Å². The number of sulfone groups is 1. The van der Waals surface area contributed by atoms with Crippen LogP contribution in [0, 0.1) is 6.92 Å². The molecule has 0 aliphatic rings. The molecule has 9 heteroatoms. The first-order valence-electron chi connectivity index (χ1n) is 10.0. The Labute approximate surface area is 191 Å². The molecule has 0 unspecified atom stereocenters. The number of nitrogens with zero attached hydrogens (tertiary/aromatic N) is 3. The smallest absolute Gasteiger partial charge is 0.258 e. The zero-order valence-electron chi connectivity index (χ0n) is 18.5. The van der Waals surface area contributed by atoms with E-state index < -0.39 is 15.7 Å². The maximum absolute atomic E-state index is 13.0. The van der Waals surface area contributed by atoms with Crippen LogP contribution in [0.3, 0.4) is 0 Å². The molecule has 1 N–H and O–H groups in total. The number of rotatable bonds is 4. The van der Waals surface area contributed by atoms with E-state index in [-0.39, 0.29) is 15.9 Å². The Morgan fingerprint density at radius 3 is 2.50 bits per heavy atom. The van der Waals surface area contributed by atoms with Gasteiger partial charge >= 0.3 is 0 Å². The summed E-state index contributed by atoms with van der Waals surface area (Å²) in [4.78, 5) is 17.6. The molecule has 7 nitrogen and oxygen atoms in total. The molecule has 4 rings (SSSR count). The highest BCUT2D eigenvalue weighted by Gasteiger charge is 2.21. The summed E-state index contributed by atoms with van der Waals surface area (Å²) in [6.45, 7) is 8.31. The minimum absolute atomic E-state index is 0.0185. The van der Waals surface area contributed by atoms with E-state index in [4.69, 9.17) is 0 Å². The number of thiazole rings is 1. The molecule has 166 valence electrons. The first-order chi connectivity index (χ1) is 14.9. The van der Waals surface area contributed by atoms with E-state index >= 15 is 0 Å². The van der Waals surface area contributed by atoms with Crippen LogP contribution in [-0.4, -0.2) is 35.3 Å². The van der Waals surface area contributed by atoms with E-state index in [0.717, 1.165) is 16.5 Å². The van der Waals surface area contributed by atoms with E-state index in [2.05, 4.69) is 48.3 Å². The molecule has 0 spiro atoms. The van der Waals surface area contributed by atoms with Gasteiger partial charge < -0.3 is 5.32 Å². The quantitative estimate of drug-likeness (QED) is 0.467. The predicted molar refractivity (Wildman–Crippen MR) is 128 cm³/mol. The fourth-order valence-corrected chi connectivity index (χ4v) is 5.22. The second-order valence-electron chi connectivity index (χ2n) is 8.73. The van der Waals surface area contributed by atoms with E-state index in [9.17, 15) is 13.2 Å². The number of carbonyl (C=O) groups excluding carboxylic acids is 1. The molecule has 0 aliphatic heterocycles. The van der Waals surface area contributed by atoms with Crippen LogP contribution in [0.25, 0.3) is 15.3 Å². The van der Waals surface area contributed by atoms with Crippen molar-refractivity contribution in [3.8, 4) is 5.13 Å². The molecule has 2 aromatic carbocycles. The van der Waals surface area contributed by atoms with E-state index in [1.807, 2.05) is 13.0 Å². The molecular weight excluding hydrogens is 444 g/mol. The topological polar surface area (TPSA) is 94.0 Å². The third-order valence-electron chi connectivity index (χ3n) is 5.03. The van der Waals surface area contributed by atoms with Gasteiger partial charge in [-0.15, -0.1) is 0 Å². The van der Waals surface area contributed by atoms with Crippen LogP contribution in [-0.2, 0) is 15.3 Å². The molecule has 0 saturated heterocycles. The SMILES string of the molecule is Cc1cc(NC(=O)c2ccccc2S(C)(=O)=O)n(-c2nc3ccc(C(C)(C)C)cc3s2)n1. The summed E-state index contributed by atoms with van der Waals surface area (Å²) in [5.74, 6) is -0.103. The zero-order valence-corrected chi connectivity index (χ0v) is 20.1. The lowest BCUT2D eigenvalue weighted by Crippen LogP contribution is -2.18. The lowest BCUT2D eigenvalue weighted by Gasteiger charge is -2.18. The van der Waals surface area contributed by atoms with Crippen molar-refractivity contribution in [1.29, 1.82) is 0 Å². The molecule has 0 bridgehead atoms. The maximum atomic E-state index is 13.0. The Kier molecular flexibility index (Phi) is 5.42. The van der Waals surface area contributed by atoms with Crippen molar-refractivity contribution < 1.29 is 13.2 Å². The van der Waals surface area contributed by atoms with Gasteiger partial charge in [0, 0.05) is 12.3 Å². The number of nitrogens with one attached hydrogen (secondary N) is 1. The summed E-state index contributed by atoms with van der Waals surface area (Å²) in [6.07, 6.45) is 1.08. The van der Waals surface area contributed by atoms with Crippen molar-refractivity contribution in [3.05, 3.63) is 65.4 Å². The molecule has 0 atom stereocenters. The fourth-order valence-electron chi connectivity index (χ4n) is 3.37. The van der Waals surface area contributed by atoms with Gasteiger partial charge in [-0.25, -0.2) is 13.4 Å². The predicted octanol–water partition coefficient (Wildman–Crippen LogP) is 4.74. The molecule has 0 fully saturated rings. The van der Waals surface area contributed by atoms with Crippen LogP contribution in [0.5, 0.6) is 0 Å². The fraction of sp³-hybridized carbons (Fsp3) is 0.261. The lowest BCUT2D eigenvalue weighted by atomic mass is 9.87. The third-order valence-corrected chi connectivity index (χ3v) is 7.18. The number of aromatic nitrogens is 3. The number of aryl methyl sites for hydroxylation is 1. The van der Waals surface area contributed by atoms with Gasteiger partial charge in [-0.3, -0.25) is 4.79 Å². The average Bonchev–Trinajstić information content (AvgIpc) is 3.28. The molecule has 0 aliphatic carbocycles. The van der Waals surface area contributed by atoms with Gasteiger partial charge in [0.05, 0.1) is 26.4 Å². The molecular formula is C23H24N4O3S2. The highest BCUT2D eigenvalue weighted by atomic mass is 32.2. The second-order valence-corrected chi connectivity index (χ2v) is 11.7. The first-order valence-corrected chi connectivity index (χ1v) is 12.7. The molecule has 1 amide bonds. The number of amides is 1. The van der Waals surface area contributed by atoms with Gasteiger partial charge in [0.25, 0.3) is 5.91 Å². The first kappa shape index (κ1) is 22.2. The third kappa shape index (κ3) is 4.31. The molecule has 0 saturated carbocycles. The van der Waals surface area contributed by atoms with Crippen LogP contribution < -0.4 is 5.32 Å². The molecule has 4 aromatic rings. The maximum Gasteiger partial charge on any atom is 0.258 e. The summed E-state index contributed by atoms with van der Waals surface area (Å²) in [7, 11) is -3.55. The van der Waals surface area contributed by atoms with Crippen LogP contribution >= 0.6 is 11.3 Å². The summed E-state index contributed by atoms with van der Waals surface area (Å²) < 4.78 is 26.8. The normalized spacial score (nSPS) is 12.3. The Hall–Kier alpha value is -3.04. The van der Waals surface area contributed by atoms with Crippen molar-refractivity contribution in [2.24, 2.45) is 0 Å². The van der Waals surface area contributed by atoms with Gasteiger partial charge in [-0.05, 0) is 42.2 Å². The van der Waals surface area contributed by atoms with Gasteiger partial charge in [-0.2, -0.15) is 9.78 Å². The highest BCUT2D eigenvalue weighted by Crippen LogP contribution is 2.32. The summed E-state index contributed by atoms with van der Waals surface area (Å²) in [5.41, 5.74) is 2.87. The minimum Gasteiger partial charge on any atom is -0.306 e. The van der Waals surface area contributed by atoms with E-state index in [0.29, 0.717) is 16.6 Å². The van der Waals surface area contributed by atoms with Gasteiger partial charge in [0.1, 0.15) is 5.82 Å². The summed E-state index contributed by atoms with van der Waals surface area (Å²) >= 11 is 1.48. The van der Waals surface area contributed by atoms with Crippen molar-refractivity contribution in [1.82, 2.24) is 14.8 Å². The summed E-state index contributed by atoms with van der Waals surface area (Å²) in [6, 6.07) is 14.1. The van der Waals surface area contributed by atoms with Crippen molar-refractivity contribution in [2.75, 3.05) is 11.6 Å². The minimum atomic E-state index is -3.55. The molecule has 2 heterocycles. The molecule has 0 radical (unpaired) electrons. The van der Waals surface area contributed by atoms with Gasteiger partial charge in [-0.1, -0.05) is 50.3 Å². The van der Waals surface area contributed by atoms with E-state index in [1.54, 1.807) is 22.9 Å². The highest BCUT2D eigenvalue weighted by molar-refractivity contribution is 7.90. The Bertz CT molecular complexity index is 1440. The lowest BCUT2D eigenvalue weighted by molar-refractivity contribution is 0.102. The standard InChI is InChI=1S/C23H24N4O3S2/c1-14-12-20(25-21(28)16-8-6-7-9-19(16)32(5,29)30)27(26-14)22-24-17-11-10-15(23(2,3)4)13-18(17)31-22/h6-13H,1-5H3,(H,25,28). The van der Waals surface area contributed by atoms with Crippen molar-refractivity contribution in [3.63, 3.8) is 0 Å². The second kappa shape index (κ2) is 7.83. The molecule has 2 aromatic heterocycles.